The molecule has 264 valence electrons. The fraction of sp³-hybridized carbons (Fsp3) is 0. The lowest BCUT2D eigenvalue weighted by Crippen LogP contribution is -1.84. The lowest BCUT2D eigenvalue weighted by atomic mass is 10.0. The van der Waals surface area contributed by atoms with Crippen molar-refractivity contribution in [2.45, 2.75) is 0 Å². The molecule has 0 bridgehead atoms. The van der Waals surface area contributed by atoms with Gasteiger partial charge in [0.05, 0.1) is 11.1 Å². The Labute approximate surface area is 316 Å². The predicted molar refractivity (Wildman–Crippen MR) is 220 cm³/mol. The van der Waals surface area contributed by atoms with Crippen LogP contribution in [0.25, 0.3) is 121 Å². The highest BCUT2D eigenvalue weighted by molar-refractivity contribution is 6.04. The van der Waals surface area contributed by atoms with E-state index in [1.165, 1.54) is 12.1 Å². The fourth-order valence-electron chi connectivity index (χ4n) is 8.06. The first kappa shape index (κ1) is 31.0. The summed E-state index contributed by atoms with van der Waals surface area (Å²) in [4.78, 5) is 0. The molecule has 0 amide bonds. The third kappa shape index (κ3) is 4.89. The fourth-order valence-corrected chi connectivity index (χ4v) is 8.06. The van der Waals surface area contributed by atoms with Gasteiger partial charge in [-0.15, -0.1) is 0 Å². The lowest BCUT2D eigenvalue weighted by molar-refractivity contribution is 0.599. The molecule has 6 heteroatoms. The zero-order chi connectivity index (χ0) is 37.1. The van der Waals surface area contributed by atoms with E-state index in [2.05, 4.69) is 24.3 Å². The topological polar surface area (TPSA) is 52.6 Å². The average Bonchev–Trinajstić information content (AvgIpc) is 4.01. The molecule has 56 heavy (non-hydrogen) atoms. The summed E-state index contributed by atoms with van der Waals surface area (Å²) in [5.41, 5.74) is 4.81. The van der Waals surface area contributed by atoms with E-state index in [0.29, 0.717) is 67.6 Å². The van der Waals surface area contributed by atoms with Gasteiger partial charge in [0, 0.05) is 32.7 Å². The van der Waals surface area contributed by atoms with Crippen molar-refractivity contribution >= 4 is 76.2 Å². The van der Waals surface area contributed by atoms with Crippen LogP contribution in [-0.2, 0) is 0 Å². The minimum Gasteiger partial charge on any atom is -0.456 e. The molecule has 0 fully saturated rings. The minimum atomic E-state index is -0.397. The van der Waals surface area contributed by atoms with Crippen LogP contribution >= 0.6 is 0 Å². The summed E-state index contributed by atoms with van der Waals surface area (Å²) in [6.07, 6.45) is 0. The van der Waals surface area contributed by atoms with Crippen LogP contribution in [0, 0.1) is 11.6 Å². The number of hydrogen-bond acceptors (Lipinski definition) is 4. The minimum absolute atomic E-state index is 0.386. The maximum absolute atomic E-state index is 15.7. The molecule has 0 N–H and O–H groups in total. The molecule has 12 rings (SSSR count). The van der Waals surface area contributed by atoms with E-state index < -0.39 is 11.6 Å². The highest BCUT2D eigenvalue weighted by Gasteiger charge is 2.18. The van der Waals surface area contributed by atoms with Gasteiger partial charge in [-0.2, -0.15) is 0 Å². The Morgan fingerprint density at radius 2 is 0.589 bits per heavy atom. The van der Waals surface area contributed by atoms with Gasteiger partial charge in [0.2, 0.25) is 0 Å². The van der Waals surface area contributed by atoms with Crippen molar-refractivity contribution in [1.82, 2.24) is 0 Å². The van der Waals surface area contributed by atoms with Crippen LogP contribution in [0.5, 0.6) is 0 Å². The van der Waals surface area contributed by atoms with Gasteiger partial charge in [0.15, 0.2) is 0 Å². The molecule has 4 aromatic heterocycles. The number of benzene rings is 8. The van der Waals surface area contributed by atoms with E-state index in [4.69, 9.17) is 17.7 Å². The molecular weight excluding hydrogens is 703 g/mol. The van der Waals surface area contributed by atoms with Gasteiger partial charge in [-0.05, 0) is 129 Å². The number of halogens is 2. The number of rotatable bonds is 4. The van der Waals surface area contributed by atoms with Crippen LogP contribution < -0.4 is 0 Å². The van der Waals surface area contributed by atoms with Gasteiger partial charge in [0.25, 0.3) is 0 Å². The largest absolute Gasteiger partial charge is 0.456 e. The first-order valence-corrected chi connectivity index (χ1v) is 18.3. The third-order valence-corrected chi connectivity index (χ3v) is 10.9. The summed E-state index contributed by atoms with van der Waals surface area (Å²) < 4.78 is 56.1. The van der Waals surface area contributed by atoms with Crippen LogP contribution in [0.3, 0.4) is 0 Å². The van der Waals surface area contributed by atoms with E-state index >= 15 is 8.78 Å². The second kappa shape index (κ2) is 11.5. The molecule has 8 aromatic carbocycles. The van der Waals surface area contributed by atoms with Crippen molar-refractivity contribution in [2.75, 3.05) is 0 Å². The van der Waals surface area contributed by atoms with E-state index in [9.17, 15) is 0 Å². The predicted octanol–water partition coefficient (Wildman–Crippen LogP) is 15.1. The smallest absolute Gasteiger partial charge is 0.138 e. The van der Waals surface area contributed by atoms with E-state index in [-0.39, 0.29) is 0 Å². The second-order valence-corrected chi connectivity index (χ2v) is 14.4. The van der Waals surface area contributed by atoms with E-state index in [1.807, 2.05) is 109 Å². The van der Waals surface area contributed by atoms with Crippen LogP contribution in [0.2, 0.25) is 0 Å². The summed E-state index contributed by atoms with van der Waals surface area (Å²) in [5, 5.41) is 9.86. The molecule has 0 atom stereocenters. The Hall–Kier alpha value is -7.44. The molecule has 0 aliphatic heterocycles. The number of hydrogen-bond donors (Lipinski definition) is 0. The van der Waals surface area contributed by atoms with Gasteiger partial charge >= 0.3 is 0 Å². The Morgan fingerprint density at radius 1 is 0.268 bits per heavy atom. The zero-order valence-corrected chi connectivity index (χ0v) is 29.4. The highest BCUT2D eigenvalue weighted by atomic mass is 19.1. The zero-order valence-electron chi connectivity index (χ0n) is 29.4. The van der Waals surface area contributed by atoms with Crippen molar-refractivity contribution in [2.24, 2.45) is 0 Å². The standard InChI is InChI=1S/C50H26F2O4/c51-41-17-31(9-11-39(41)49-25-35-13-27-5-1-3-7-29(27)19-45(35)55-49)43-23-37-15-33-22-48-38(16-34(33)21-47(37)53-43)24-44(54-48)32-10-12-40(42(52)18-32)50-26-36-14-28-6-2-4-8-30(28)20-46(36)56-50/h1-26H. The molecule has 0 unspecified atom stereocenters. The summed E-state index contributed by atoms with van der Waals surface area (Å²) in [6, 6.07) is 50.0. The van der Waals surface area contributed by atoms with Gasteiger partial charge in [-0.3, -0.25) is 0 Å². The van der Waals surface area contributed by atoms with Crippen LogP contribution in [0.1, 0.15) is 0 Å². The Bertz CT molecular complexity index is 3170. The summed E-state index contributed by atoms with van der Waals surface area (Å²) in [6.45, 7) is 0. The van der Waals surface area contributed by atoms with Crippen molar-refractivity contribution in [3.05, 3.63) is 169 Å². The summed E-state index contributed by atoms with van der Waals surface area (Å²) >= 11 is 0. The van der Waals surface area contributed by atoms with Gasteiger partial charge < -0.3 is 17.7 Å². The molecular formula is C50H26F2O4. The van der Waals surface area contributed by atoms with E-state index in [1.54, 1.807) is 12.1 Å². The molecule has 0 spiro atoms. The Morgan fingerprint density at radius 3 is 0.982 bits per heavy atom. The third-order valence-electron chi connectivity index (χ3n) is 10.9. The van der Waals surface area contributed by atoms with Crippen molar-refractivity contribution in [3.8, 4) is 45.3 Å². The first-order valence-electron chi connectivity index (χ1n) is 18.3. The Balaban J connectivity index is 0.841. The molecule has 0 aliphatic carbocycles. The molecule has 4 heterocycles. The van der Waals surface area contributed by atoms with E-state index in [0.717, 1.165) is 53.9 Å². The van der Waals surface area contributed by atoms with Gasteiger partial charge in [-0.25, -0.2) is 8.78 Å². The van der Waals surface area contributed by atoms with Crippen molar-refractivity contribution < 1.29 is 26.4 Å². The van der Waals surface area contributed by atoms with Crippen LogP contribution in [0.4, 0.5) is 8.78 Å². The first-order chi connectivity index (χ1) is 27.5. The molecule has 0 saturated heterocycles. The SMILES string of the molecule is Fc1cc(-c2cc3cc4cc5oc(-c6ccc(-c7cc8cc9ccccc9cc8o7)c(F)c6)cc5cc4cc3o2)ccc1-c1cc2cc3ccccc3cc2o1. The average molecular weight is 729 g/mol. The quantitative estimate of drug-likeness (QED) is 0.181. The monoisotopic (exact) mass is 728 g/mol. The Kier molecular flexibility index (Phi) is 6.38. The van der Waals surface area contributed by atoms with Crippen LogP contribution in [0.15, 0.2) is 175 Å². The maximum atomic E-state index is 15.7. The maximum Gasteiger partial charge on any atom is 0.138 e. The molecule has 4 nitrogen and oxygen atoms in total. The highest BCUT2D eigenvalue weighted by Crippen LogP contribution is 2.39. The number of fused-ring (bicyclic) bond motifs is 7. The normalized spacial score (nSPS) is 12.1. The summed E-state index contributed by atoms with van der Waals surface area (Å²) in [5.74, 6) is 1.27. The van der Waals surface area contributed by atoms with Crippen molar-refractivity contribution in [3.63, 3.8) is 0 Å². The molecule has 12 aromatic rings. The lowest BCUT2D eigenvalue weighted by Gasteiger charge is -2.02. The van der Waals surface area contributed by atoms with Crippen LogP contribution in [-0.4, -0.2) is 0 Å². The number of furan rings is 4. The van der Waals surface area contributed by atoms with Gasteiger partial charge in [0.1, 0.15) is 57.0 Å². The molecule has 0 aliphatic rings. The molecule has 0 saturated carbocycles. The van der Waals surface area contributed by atoms with Crippen molar-refractivity contribution in [1.29, 1.82) is 0 Å². The summed E-state index contributed by atoms with van der Waals surface area (Å²) in [7, 11) is 0. The van der Waals surface area contributed by atoms with Gasteiger partial charge in [-0.1, -0.05) is 60.7 Å². The molecule has 0 radical (unpaired) electrons. The second-order valence-electron chi connectivity index (χ2n) is 14.4.